The highest BCUT2D eigenvalue weighted by molar-refractivity contribution is 4.70. The summed E-state index contributed by atoms with van der Waals surface area (Å²) in [6.45, 7) is 6.82. The van der Waals surface area contributed by atoms with Crippen LogP contribution in [0.3, 0.4) is 0 Å². The van der Waals surface area contributed by atoms with Crippen LogP contribution in [-0.2, 0) is 0 Å². The molecule has 1 rings (SSSR count). The van der Waals surface area contributed by atoms with Crippen molar-refractivity contribution in [3.63, 3.8) is 0 Å². The zero-order chi connectivity index (χ0) is 11.1. The summed E-state index contributed by atoms with van der Waals surface area (Å²) < 4.78 is 0. The summed E-state index contributed by atoms with van der Waals surface area (Å²) in [5.41, 5.74) is 0. The van der Waals surface area contributed by atoms with E-state index in [4.69, 9.17) is 0 Å². The molecule has 0 bridgehead atoms. The average Bonchev–Trinajstić information content (AvgIpc) is 2.25. The van der Waals surface area contributed by atoms with Gasteiger partial charge in [0.1, 0.15) is 0 Å². The average molecular weight is 213 g/mol. The maximum absolute atomic E-state index is 9.19. The van der Waals surface area contributed by atoms with E-state index in [-0.39, 0.29) is 0 Å². The maximum atomic E-state index is 9.19. The second-order valence-corrected chi connectivity index (χ2v) is 5.35. The molecule has 1 aliphatic rings. The molecule has 0 aromatic heterocycles. The fourth-order valence-corrected chi connectivity index (χ4v) is 2.38. The molecular formula is C13H27NO. The second-order valence-electron chi connectivity index (χ2n) is 5.35. The van der Waals surface area contributed by atoms with E-state index in [1.54, 1.807) is 0 Å². The Labute approximate surface area is 94.5 Å². The van der Waals surface area contributed by atoms with E-state index >= 15 is 0 Å². The first kappa shape index (κ1) is 13.0. The summed E-state index contributed by atoms with van der Waals surface area (Å²) in [6, 6.07) is 0. The van der Waals surface area contributed by atoms with Crippen molar-refractivity contribution >= 4 is 0 Å². The van der Waals surface area contributed by atoms with Crippen LogP contribution in [0.5, 0.6) is 0 Å². The molecule has 0 aromatic carbocycles. The molecule has 1 atom stereocenters. The first-order valence-corrected chi connectivity index (χ1v) is 6.55. The molecule has 0 radical (unpaired) electrons. The number of rotatable bonds is 6. The molecule has 1 aliphatic carbocycles. The predicted octanol–water partition coefficient (Wildman–Crippen LogP) is 2.42. The third-order valence-corrected chi connectivity index (χ3v) is 3.74. The van der Waals surface area contributed by atoms with Crippen molar-refractivity contribution in [2.45, 2.75) is 46.0 Å². The molecule has 0 spiro atoms. The van der Waals surface area contributed by atoms with Gasteiger partial charge in [-0.2, -0.15) is 0 Å². The van der Waals surface area contributed by atoms with Gasteiger partial charge in [-0.3, -0.25) is 0 Å². The summed E-state index contributed by atoms with van der Waals surface area (Å²) >= 11 is 0. The van der Waals surface area contributed by atoms with Crippen molar-refractivity contribution in [3.05, 3.63) is 0 Å². The van der Waals surface area contributed by atoms with Crippen LogP contribution in [0, 0.1) is 17.8 Å². The van der Waals surface area contributed by atoms with Crippen LogP contribution in [0.15, 0.2) is 0 Å². The predicted molar refractivity (Wildman–Crippen MR) is 64.9 cm³/mol. The van der Waals surface area contributed by atoms with Crippen LogP contribution in [0.1, 0.15) is 46.0 Å². The highest BCUT2D eigenvalue weighted by Crippen LogP contribution is 2.22. The lowest BCUT2D eigenvalue weighted by atomic mass is 9.89. The van der Waals surface area contributed by atoms with Crippen molar-refractivity contribution in [3.8, 4) is 0 Å². The summed E-state index contributed by atoms with van der Waals surface area (Å²) in [6.07, 6.45) is 7.07. The highest BCUT2D eigenvalue weighted by atomic mass is 16.3. The smallest absolute Gasteiger partial charge is 0.0473 e. The Bertz CT molecular complexity index is 153. The van der Waals surface area contributed by atoms with Gasteiger partial charge in [-0.1, -0.05) is 33.1 Å². The molecular weight excluding hydrogens is 186 g/mol. The molecule has 2 N–H and O–H groups in total. The molecule has 1 saturated carbocycles. The normalized spacial score (nSPS) is 20.8. The number of aliphatic hydroxyl groups excluding tert-OH is 1. The third-order valence-electron chi connectivity index (χ3n) is 3.74. The zero-order valence-corrected chi connectivity index (χ0v) is 10.3. The van der Waals surface area contributed by atoms with Crippen molar-refractivity contribution in [2.75, 3.05) is 19.7 Å². The molecule has 1 fully saturated rings. The number of hydrogen-bond donors (Lipinski definition) is 2. The standard InChI is InChI=1S/C13H27NO/c1-11(2)13(10-15)9-14-8-12-6-4-3-5-7-12/h11-15H,3-10H2,1-2H3. The van der Waals surface area contributed by atoms with Crippen LogP contribution < -0.4 is 5.32 Å². The molecule has 2 nitrogen and oxygen atoms in total. The first-order valence-electron chi connectivity index (χ1n) is 6.55. The number of hydrogen-bond acceptors (Lipinski definition) is 2. The lowest BCUT2D eigenvalue weighted by Crippen LogP contribution is -2.32. The fourth-order valence-electron chi connectivity index (χ4n) is 2.38. The Kier molecular flexibility index (Phi) is 6.26. The van der Waals surface area contributed by atoms with Gasteiger partial charge in [0.15, 0.2) is 0 Å². The molecule has 1 unspecified atom stereocenters. The van der Waals surface area contributed by atoms with Gasteiger partial charge in [-0.25, -0.2) is 0 Å². The summed E-state index contributed by atoms with van der Waals surface area (Å²) in [4.78, 5) is 0. The van der Waals surface area contributed by atoms with Crippen LogP contribution in [0.4, 0.5) is 0 Å². The Morgan fingerprint density at radius 3 is 2.40 bits per heavy atom. The Morgan fingerprint density at radius 1 is 1.20 bits per heavy atom. The van der Waals surface area contributed by atoms with Crippen LogP contribution >= 0.6 is 0 Å². The van der Waals surface area contributed by atoms with E-state index in [9.17, 15) is 5.11 Å². The summed E-state index contributed by atoms with van der Waals surface area (Å²) in [5, 5.41) is 12.7. The third kappa shape index (κ3) is 4.98. The van der Waals surface area contributed by atoms with E-state index in [0.717, 1.165) is 19.0 Å². The van der Waals surface area contributed by atoms with Gasteiger partial charge in [0, 0.05) is 13.2 Å². The van der Waals surface area contributed by atoms with E-state index in [0.29, 0.717) is 18.4 Å². The number of nitrogens with one attached hydrogen (secondary N) is 1. The van der Waals surface area contributed by atoms with Crippen LogP contribution in [-0.4, -0.2) is 24.8 Å². The van der Waals surface area contributed by atoms with Crippen molar-refractivity contribution in [1.29, 1.82) is 0 Å². The van der Waals surface area contributed by atoms with Gasteiger partial charge in [0.05, 0.1) is 0 Å². The molecule has 0 aliphatic heterocycles. The monoisotopic (exact) mass is 213 g/mol. The maximum Gasteiger partial charge on any atom is 0.0473 e. The van der Waals surface area contributed by atoms with Crippen molar-refractivity contribution in [1.82, 2.24) is 5.32 Å². The van der Waals surface area contributed by atoms with Crippen LogP contribution in [0.25, 0.3) is 0 Å². The van der Waals surface area contributed by atoms with Crippen molar-refractivity contribution < 1.29 is 5.11 Å². The first-order chi connectivity index (χ1) is 7.24. The van der Waals surface area contributed by atoms with E-state index in [1.165, 1.54) is 32.1 Å². The fraction of sp³-hybridized carbons (Fsp3) is 1.00. The minimum absolute atomic E-state index is 0.315. The lowest BCUT2D eigenvalue weighted by molar-refractivity contribution is 0.183. The Hall–Kier alpha value is -0.0800. The molecule has 0 saturated heterocycles. The van der Waals surface area contributed by atoms with Gasteiger partial charge in [-0.15, -0.1) is 0 Å². The molecule has 0 heterocycles. The number of aliphatic hydroxyl groups is 1. The zero-order valence-electron chi connectivity index (χ0n) is 10.3. The van der Waals surface area contributed by atoms with Gasteiger partial charge in [0.25, 0.3) is 0 Å². The second kappa shape index (κ2) is 7.24. The van der Waals surface area contributed by atoms with Crippen molar-refractivity contribution in [2.24, 2.45) is 17.8 Å². The molecule has 2 heteroatoms. The minimum Gasteiger partial charge on any atom is -0.396 e. The molecule has 90 valence electrons. The van der Waals surface area contributed by atoms with Gasteiger partial charge < -0.3 is 10.4 Å². The minimum atomic E-state index is 0.315. The lowest BCUT2D eigenvalue weighted by Gasteiger charge is -2.24. The molecule has 0 amide bonds. The van der Waals surface area contributed by atoms with E-state index in [2.05, 4.69) is 19.2 Å². The Balaban J connectivity index is 2.08. The Morgan fingerprint density at radius 2 is 1.87 bits per heavy atom. The summed E-state index contributed by atoms with van der Waals surface area (Å²) in [7, 11) is 0. The van der Waals surface area contributed by atoms with Gasteiger partial charge in [0.2, 0.25) is 0 Å². The topological polar surface area (TPSA) is 32.3 Å². The molecule has 15 heavy (non-hydrogen) atoms. The highest BCUT2D eigenvalue weighted by Gasteiger charge is 2.15. The van der Waals surface area contributed by atoms with Crippen LogP contribution in [0.2, 0.25) is 0 Å². The van der Waals surface area contributed by atoms with Gasteiger partial charge >= 0.3 is 0 Å². The molecule has 0 aromatic rings. The quantitative estimate of drug-likeness (QED) is 0.710. The largest absolute Gasteiger partial charge is 0.396 e. The SMILES string of the molecule is CC(C)C(CO)CNCC1CCCCC1. The van der Waals surface area contributed by atoms with Gasteiger partial charge in [-0.05, 0) is 37.1 Å². The summed E-state index contributed by atoms with van der Waals surface area (Å²) in [5.74, 6) is 1.90. The van der Waals surface area contributed by atoms with E-state index in [1.807, 2.05) is 0 Å². The van der Waals surface area contributed by atoms with E-state index < -0.39 is 0 Å².